The van der Waals surface area contributed by atoms with E-state index in [-0.39, 0.29) is 12.1 Å². The lowest BCUT2D eigenvalue weighted by Gasteiger charge is -2.28. The molecule has 0 spiro atoms. The lowest BCUT2D eigenvalue weighted by Crippen LogP contribution is -2.32. The maximum atomic E-state index is 13.2. The summed E-state index contributed by atoms with van der Waals surface area (Å²) in [5.74, 6) is 0.689. The molecule has 2 heterocycles. The molecule has 1 unspecified atom stereocenters. The zero-order valence-electron chi connectivity index (χ0n) is 16.5. The molecule has 3 aromatic rings. The Morgan fingerprint density at radius 1 is 1.04 bits per heavy atom. The van der Waals surface area contributed by atoms with Gasteiger partial charge in [-0.05, 0) is 68.3 Å². The number of methoxy groups -OCH3 is 1. The summed E-state index contributed by atoms with van der Waals surface area (Å²) in [5, 5.41) is 3.58. The van der Waals surface area contributed by atoms with Crippen LogP contribution in [0.15, 0.2) is 54.7 Å². The van der Waals surface area contributed by atoms with E-state index in [1.165, 1.54) is 5.56 Å². The van der Waals surface area contributed by atoms with Crippen LogP contribution in [0.25, 0.3) is 0 Å². The van der Waals surface area contributed by atoms with Crippen molar-refractivity contribution in [2.45, 2.75) is 26.9 Å². The number of aryl methyl sites for hydroxylation is 3. The van der Waals surface area contributed by atoms with E-state index in [1.807, 2.05) is 30.3 Å². The number of aromatic nitrogens is 1. The van der Waals surface area contributed by atoms with Gasteiger partial charge in [-0.15, -0.1) is 0 Å². The van der Waals surface area contributed by atoms with Crippen LogP contribution in [0, 0.1) is 20.8 Å². The lowest BCUT2D eigenvalue weighted by atomic mass is 10.0. The minimum absolute atomic E-state index is 0.0619. The molecule has 1 atom stereocenters. The highest BCUT2D eigenvalue weighted by Gasteiger charge is 2.39. The fraction of sp³-hybridized carbons (Fsp3) is 0.217. The second-order valence-corrected chi connectivity index (χ2v) is 7.13. The summed E-state index contributed by atoms with van der Waals surface area (Å²) < 4.78 is 5.25. The van der Waals surface area contributed by atoms with E-state index in [9.17, 15) is 4.79 Å². The van der Waals surface area contributed by atoms with Crippen LogP contribution in [0.2, 0.25) is 0 Å². The fourth-order valence-electron chi connectivity index (χ4n) is 3.87. The van der Waals surface area contributed by atoms with Gasteiger partial charge in [0.25, 0.3) is 5.91 Å². The first-order valence-corrected chi connectivity index (χ1v) is 9.26. The maximum absolute atomic E-state index is 13.2. The number of nitrogens with zero attached hydrogens (tertiary/aromatic N) is 2. The number of pyridine rings is 1. The average molecular weight is 373 g/mol. The molecule has 0 fully saturated rings. The SMILES string of the molecule is COc1ccc(N2C(=O)c3cccnc3C2Nc2c(C)cc(C)cc2C)cc1. The molecule has 1 N–H and O–H groups in total. The molecule has 0 radical (unpaired) electrons. The van der Waals surface area contributed by atoms with E-state index in [1.54, 1.807) is 24.3 Å². The fourth-order valence-corrected chi connectivity index (χ4v) is 3.87. The van der Waals surface area contributed by atoms with Gasteiger partial charge in [-0.1, -0.05) is 17.7 Å². The summed E-state index contributed by atoms with van der Waals surface area (Å²) >= 11 is 0. The molecule has 1 aliphatic heterocycles. The van der Waals surface area contributed by atoms with Gasteiger partial charge in [-0.3, -0.25) is 14.7 Å². The maximum Gasteiger partial charge on any atom is 0.262 e. The van der Waals surface area contributed by atoms with Crippen molar-refractivity contribution in [3.8, 4) is 5.75 Å². The quantitative estimate of drug-likeness (QED) is 0.715. The molecule has 0 aliphatic carbocycles. The number of hydrogen-bond acceptors (Lipinski definition) is 4. The first-order valence-electron chi connectivity index (χ1n) is 9.26. The number of carbonyl (C=O) groups is 1. The number of anilines is 2. The smallest absolute Gasteiger partial charge is 0.262 e. The van der Waals surface area contributed by atoms with Crippen LogP contribution in [0.3, 0.4) is 0 Å². The Labute approximate surface area is 165 Å². The van der Waals surface area contributed by atoms with Gasteiger partial charge in [0, 0.05) is 17.6 Å². The van der Waals surface area contributed by atoms with Crippen molar-refractivity contribution in [2.24, 2.45) is 0 Å². The molecule has 1 aromatic heterocycles. The third-order valence-electron chi connectivity index (χ3n) is 5.11. The number of ether oxygens (including phenoxy) is 1. The predicted molar refractivity (Wildman–Crippen MR) is 111 cm³/mol. The minimum atomic E-state index is -0.378. The van der Waals surface area contributed by atoms with Crippen LogP contribution in [-0.4, -0.2) is 18.0 Å². The molecular weight excluding hydrogens is 350 g/mol. The highest BCUT2D eigenvalue weighted by atomic mass is 16.5. The molecule has 142 valence electrons. The van der Waals surface area contributed by atoms with Crippen molar-refractivity contribution in [3.63, 3.8) is 0 Å². The third kappa shape index (κ3) is 2.99. The Balaban J connectivity index is 1.80. The first-order chi connectivity index (χ1) is 13.5. The summed E-state index contributed by atoms with van der Waals surface area (Å²) in [6.07, 6.45) is 1.35. The second-order valence-electron chi connectivity index (χ2n) is 7.13. The van der Waals surface area contributed by atoms with Crippen LogP contribution >= 0.6 is 0 Å². The molecule has 2 aromatic carbocycles. The first kappa shape index (κ1) is 18.0. The van der Waals surface area contributed by atoms with E-state index >= 15 is 0 Å². The van der Waals surface area contributed by atoms with Gasteiger partial charge in [0.1, 0.15) is 5.75 Å². The molecular formula is C23H23N3O2. The number of hydrogen-bond donors (Lipinski definition) is 1. The molecule has 28 heavy (non-hydrogen) atoms. The van der Waals surface area contributed by atoms with Crippen LogP contribution in [0.5, 0.6) is 5.75 Å². The Kier molecular flexibility index (Phi) is 4.51. The van der Waals surface area contributed by atoms with Gasteiger partial charge in [-0.2, -0.15) is 0 Å². The van der Waals surface area contributed by atoms with Gasteiger partial charge in [-0.25, -0.2) is 0 Å². The van der Waals surface area contributed by atoms with Gasteiger partial charge in [0.05, 0.1) is 18.4 Å². The number of amides is 1. The van der Waals surface area contributed by atoms with Crippen molar-refractivity contribution < 1.29 is 9.53 Å². The zero-order chi connectivity index (χ0) is 19.8. The summed E-state index contributed by atoms with van der Waals surface area (Å²) in [6.45, 7) is 6.25. The van der Waals surface area contributed by atoms with Crippen molar-refractivity contribution in [2.75, 3.05) is 17.3 Å². The van der Waals surface area contributed by atoms with Crippen molar-refractivity contribution in [1.82, 2.24) is 4.98 Å². The number of nitrogens with one attached hydrogen (secondary N) is 1. The molecule has 0 bridgehead atoms. The van der Waals surface area contributed by atoms with Crippen molar-refractivity contribution in [3.05, 3.63) is 82.7 Å². The number of benzene rings is 2. The monoisotopic (exact) mass is 373 g/mol. The van der Waals surface area contributed by atoms with Gasteiger partial charge >= 0.3 is 0 Å². The Morgan fingerprint density at radius 3 is 2.36 bits per heavy atom. The summed E-state index contributed by atoms with van der Waals surface area (Å²) in [4.78, 5) is 19.5. The van der Waals surface area contributed by atoms with E-state index in [4.69, 9.17) is 4.74 Å². The highest BCUT2D eigenvalue weighted by molar-refractivity contribution is 6.11. The van der Waals surface area contributed by atoms with E-state index in [2.05, 4.69) is 43.2 Å². The molecule has 0 saturated heterocycles. The van der Waals surface area contributed by atoms with Crippen LogP contribution in [-0.2, 0) is 0 Å². The molecule has 0 saturated carbocycles. The summed E-state index contributed by atoms with van der Waals surface area (Å²) in [6, 6.07) is 15.4. The number of rotatable bonds is 4. The van der Waals surface area contributed by atoms with Crippen molar-refractivity contribution in [1.29, 1.82) is 0 Å². The number of carbonyl (C=O) groups excluding carboxylic acids is 1. The topological polar surface area (TPSA) is 54.5 Å². The summed E-state index contributed by atoms with van der Waals surface area (Å²) in [5.41, 5.74) is 6.69. The predicted octanol–water partition coefficient (Wildman–Crippen LogP) is 4.79. The van der Waals surface area contributed by atoms with Crippen LogP contribution in [0.4, 0.5) is 11.4 Å². The Hall–Kier alpha value is -3.34. The molecule has 1 amide bonds. The van der Waals surface area contributed by atoms with Crippen molar-refractivity contribution >= 4 is 17.3 Å². The minimum Gasteiger partial charge on any atom is -0.497 e. The van der Waals surface area contributed by atoms with Crippen LogP contribution < -0.4 is 15.0 Å². The Bertz CT molecular complexity index is 1020. The largest absolute Gasteiger partial charge is 0.497 e. The van der Waals surface area contributed by atoms with Gasteiger partial charge in [0.2, 0.25) is 0 Å². The van der Waals surface area contributed by atoms with E-state index in [0.29, 0.717) is 5.56 Å². The normalized spacial score (nSPS) is 15.5. The summed E-state index contributed by atoms with van der Waals surface area (Å²) in [7, 11) is 1.63. The Morgan fingerprint density at radius 2 is 1.71 bits per heavy atom. The standard InChI is InChI=1S/C23H23N3O2/c1-14-12-15(2)20(16(3)13-14)25-22-21-19(6-5-11-24-21)23(27)26(22)17-7-9-18(28-4)10-8-17/h5-13,22,25H,1-4H3. The molecule has 4 rings (SSSR count). The highest BCUT2D eigenvalue weighted by Crippen LogP contribution is 2.38. The third-order valence-corrected chi connectivity index (χ3v) is 5.11. The molecule has 5 nitrogen and oxygen atoms in total. The van der Waals surface area contributed by atoms with E-state index < -0.39 is 0 Å². The lowest BCUT2D eigenvalue weighted by molar-refractivity contribution is 0.0993. The van der Waals surface area contributed by atoms with Gasteiger partial charge < -0.3 is 10.1 Å². The van der Waals surface area contributed by atoms with Gasteiger partial charge in [0.15, 0.2) is 6.17 Å². The van der Waals surface area contributed by atoms with E-state index in [0.717, 1.165) is 33.9 Å². The average Bonchev–Trinajstić information content (AvgIpc) is 2.97. The zero-order valence-corrected chi connectivity index (χ0v) is 16.5. The molecule has 1 aliphatic rings. The number of fused-ring (bicyclic) bond motifs is 1. The van der Waals surface area contributed by atoms with Crippen LogP contribution in [0.1, 0.15) is 38.9 Å². The molecule has 5 heteroatoms. The second kappa shape index (κ2) is 7.00.